The zero-order valence-electron chi connectivity index (χ0n) is 14.5. The summed E-state index contributed by atoms with van der Waals surface area (Å²) in [4.78, 5) is 25.1. The standard InChI is InChI=1S/C20H17FN2O3S/c1-12-17(13-7-3-2-4-8-13)18(19(22)25)20(27-12)23-16(24)11-26-15-10-6-5-9-14(15)21/h2-10H,11H2,1H3,(H2,22,25)(H,23,24). The normalized spacial score (nSPS) is 10.4. The molecule has 3 rings (SSSR count). The zero-order chi connectivity index (χ0) is 19.4. The average Bonchev–Trinajstić information content (AvgIpc) is 2.97. The van der Waals surface area contributed by atoms with Gasteiger partial charge in [-0.25, -0.2) is 4.39 Å². The van der Waals surface area contributed by atoms with Gasteiger partial charge < -0.3 is 15.8 Å². The number of carbonyl (C=O) groups excluding carboxylic acids is 2. The highest BCUT2D eigenvalue weighted by Crippen LogP contribution is 2.39. The van der Waals surface area contributed by atoms with Crippen LogP contribution in [0.4, 0.5) is 9.39 Å². The summed E-state index contributed by atoms with van der Waals surface area (Å²) in [7, 11) is 0. The maximum absolute atomic E-state index is 13.6. The second-order valence-electron chi connectivity index (χ2n) is 5.73. The van der Waals surface area contributed by atoms with Gasteiger partial charge in [0.25, 0.3) is 11.8 Å². The molecule has 3 N–H and O–H groups in total. The minimum Gasteiger partial charge on any atom is -0.481 e. The Labute approximate surface area is 159 Å². The lowest BCUT2D eigenvalue weighted by atomic mass is 10.0. The monoisotopic (exact) mass is 384 g/mol. The topological polar surface area (TPSA) is 81.4 Å². The molecule has 0 aliphatic rings. The third-order valence-electron chi connectivity index (χ3n) is 3.84. The molecule has 0 saturated heterocycles. The number of amides is 2. The Hall–Kier alpha value is -3.19. The lowest BCUT2D eigenvalue weighted by molar-refractivity contribution is -0.118. The molecular formula is C20H17FN2O3S. The lowest BCUT2D eigenvalue weighted by Gasteiger charge is -2.08. The van der Waals surface area contributed by atoms with E-state index in [1.54, 1.807) is 6.07 Å². The molecule has 0 fully saturated rings. The Balaban J connectivity index is 1.82. The minimum atomic E-state index is -0.636. The summed E-state index contributed by atoms with van der Waals surface area (Å²) in [5.41, 5.74) is 7.34. The maximum Gasteiger partial charge on any atom is 0.262 e. The molecule has 7 heteroatoms. The first-order valence-electron chi connectivity index (χ1n) is 8.13. The number of benzene rings is 2. The van der Waals surface area contributed by atoms with Gasteiger partial charge in [0.2, 0.25) is 0 Å². The first-order valence-corrected chi connectivity index (χ1v) is 8.95. The van der Waals surface area contributed by atoms with Crippen LogP contribution in [-0.4, -0.2) is 18.4 Å². The molecule has 0 bridgehead atoms. The number of hydrogen-bond donors (Lipinski definition) is 2. The van der Waals surface area contributed by atoms with Crippen molar-refractivity contribution in [2.45, 2.75) is 6.92 Å². The van der Waals surface area contributed by atoms with E-state index < -0.39 is 24.2 Å². The maximum atomic E-state index is 13.6. The van der Waals surface area contributed by atoms with Gasteiger partial charge >= 0.3 is 0 Å². The fourth-order valence-electron chi connectivity index (χ4n) is 2.69. The fraction of sp³-hybridized carbons (Fsp3) is 0.100. The Morgan fingerprint density at radius 1 is 1.11 bits per heavy atom. The van der Waals surface area contributed by atoms with Crippen LogP contribution in [0.25, 0.3) is 11.1 Å². The van der Waals surface area contributed by atoms with E-state index in [1.807, 2.05) is 37.3 Å². The summed E-state index contributed by atoms with van der Waals surface area (Å²) < 4.78 is 18.8. The van der Waals surface area contributed by atoms with Gasteiger partial charge in [0.05, 0.1) is 5.56 Å². The van der Waals surface area contributed by atoms with Gasteiger partial charge in [-0.1, -0.05) is 42.5 Å². The van der Waals surface area contributed by atoms with Crippen LogP contribution in [0, 0.1) is 12.7 Å². The van der Waals surface area contributed by atoms with Gasteiger partial charge in [-0.15, -0.1) is 11.3 Å². The van der Waals surface area contributed by atoms with Crippen molar-refractivity contribution in [2.75, 3.05) is 11.9 Å². The molecule has 0 saturated carbocycles. The van der Waals surface area contributed by atoms with E-state index in [2.05, 4.69) is 5.32 Å². The van der Waals surface area contributed by atoms with Crippen molar-refractivity contribution in [3.63, 3.8) is 0 Å². The lowest BCUT2D eigenvalue weighted by Crippen LogP contribution is -2.22. The highest BCUT2D eigenvalue weighted by Gasteiger charge is 2.22. The van der Waals surface area contributed by atoms with E-state index in [4.69, 9.17) is 10.5 Å². The highest BCUT2D eigenvalue weighted by atomic mass is 32.1. The number of nitrogens with one attached hydrogen (secondary N) is 1. The van der Waals surface area contributed by atoms with Gasteiger partial charge in [-0.3, -0.25) is 9.59 Å². The van der Waals surface area contributed by atoms with Crippen LogP contribution in [0.5, 0.6) is 5.75 Å². The van der Waals surface area contributed by atoms with Crippen molar-refractivity contribution in [1.29, 1.82) is 0 Å². The number of hydrogen-bond acceptors (Lipinski definition) is 4. The molecule has 0 aliphatic carbocycles. The van der Waals surface area contributed by atoms with Crippen molar-refractivity contribution in [3.05, 3.63) is 70.9 Å². The Morgan fingerprint density at radius 3 is 2.44 bits per heavy atom. The van der Waals surface area contributed by atoms with Crippen molar-refractivity contribution >= 4 is 28.2 Å². The molecule has 0 unspecified atom stereocenters. The van der Waals surface area contributed by atoms with Crippen LogP contribution in [-0.2, 0) is 4.79 Å². The molecular weight excluding hydrogens is 367 g/mol. The van der Waals surface area contributed by atoms with Crippen LogP contribution in [0.1, 0.15) is 15.2 Å². The van der Waals surface area contributed by atoms with Gasteiger partial charge in [-0.05, 0) is 24.6 Å². The number of primary amides is 1. The summed E-state index contributed by atoms with van der Waals surface area (Å²) in [5.74, 6) is -1.72. The Morgan fingerprint density at radius 2 is 1.78 bits per heavy atom. The fourth-order valence-corrected chi connectivity index (χ4v) is 3.79. The van der Waals surface area contributed by atoms with Crippen LogP contribution in [0.2, 0.25) is 0 Å². The number of rotatable bonds is 6. The molecule has 1 aromatic heterocycles. The summed E-state index contributed by atoms with van der Waals surface area (Å²) in [6.07, 6.45) is 0. The number of aryl methyl sites for hydroxylation is 1. The second-order valence-corrected chi connectivity index (χ2v) is 6.96. The molecule has 2 amide bonds. The second kappa shape index (κ2) is 8.01. The van der Waals surface area contributed by atoms with E-state index in [0.717, 1.165) is 10.4 Å². The Bertz CT molecular complexity index is 986. The quantitative estimate of drug-likeness (QED) is 0.674. The summed E-state index contributed by atoms with van der Waals surface area (Å²) in [6, 6.07) is 15.1. The van der Waals surface area contributed by atoms with Crippen molar-refractivity contribution in [3.8, 4) is 16.9 Å². The van der Waals surface area contributed by atoms with Crippen LogP contribution in [0.3, 0.4) is 0 Å². The van der Waals surface area contributed by atoms with Gasteiger partial charge in [0.1, 0.15) is 5.00 Å². The summed E-state index contributed by atoms with van der Waals surface area (Å²) >= 11 is 1.25. The molecule has 0 spiro atoms. The molecule has 138 valence electrons. The molecule has 2 aromatic carbocycles. The number of anilines is 1. The molecule has 1 heterocycles. The van der Waals surface area contributed by atoms with Gasteiger partial charge in [0, 0.05) is 10.4 Å². The molecule has 0 radical (unpaired) electrons. The van der Waals surface area contributed by atoms with Crippen LogP contribution >= 0.6 is 11.3 Å². The SMILES string of the molecule is Cc1sc(NC(=O)COc2ccccc2F)c(C(N)=O)c1-c1ccccc1. The van der Waals surface area contributed by atoms with Crippen LogP contribution in [0.15, 0.2) is 54.6 Å². The molecule has 5 nitrogen and oxygen atoms in total. The molecule has 0 aliphatic heterocycles. The largest absolute Gasteiger partial charge is 0.481 e. The number of nitrogens with two attached hydrogens (primary N) is 1. The van der Waals surface area contributed by atoms with E-state index in [0.29, 0.717) is 10.6 Å². The van der Waals surface area contributed by atoms with Gasteiger partial charge in [0.15, 0.2) is 18.2 Å². The third kappa shape index (κ3) is 4.15. The first-order chi connectivity index (χ1) is 13.0. The molecule has 27 heavy (non-hydrogen) atoms. The number of carbonyl (C=O) groups is 2. The van der Waals surface area contributed by atoms with Crippen molar-refractivity contribution in [2.24, 2.45) is 5.73 Å². The molecule has 3 aromatic rings. The van der Waals surface area contributed by atoms with Crippen LogP contribution < -0.4 is 15.8 Å². The third-order valence-corrected chi connectivity index (χ3v) is 4.86. The Kier molecular flexibility index (Phi) is 5.52. The predicted octanol–water partition coefficient (Wildman–Crippen LogP) is 3.98. The van der Waals surface area contributed by atoms with E-state index >= 15 is 0 Å². The van der Waals surface area contributed by atoms with Gasteiger partial charge in [-0.2, -0.15) is 0 Å². The summed E-state index contributed by atoms with van der Waals surface area (Å²) in [6.45, 7) is 1.46. The molecule has 0 atom stereocenters. The minimum absolute atomic E-state index is 0.0184. The van der Waals surface area contributed by atoms with Crippen molar-refractivity contribution in [1.82, 2.24) is 0 Å². The number of thiophene rings is 1. The van der Waals surface area contributed by atoms with Crippen molar-refractivity contribution < 1.29 is 18.7 Å². The first kappa shape index (κ1) is 18.6. The average molecular weight is 384 g/mol. The smallest absolute Gasteiger partial charge is 0.262 e. The summed E-state index contributed by atoms with van der Waals surface area (Å²) in [5, 5.41) is 2.99. The predicted molar refractivity (Wildman–Crippen MR) is 104 cm³/mol. The van der Waals surface area contributed by atoms with E-state index in [-0.39, 0.29) is 11.3 Å². The zero-order valence-corrected chi connectivity index (χ0v) is 15.3. The van der Waals surface area contributed by atoms with E-state index in [9.17, 15) is 14.0 Å². The number of ether oxygens (including phenoxy) is 1. The van der Waals surface area contributed by atoms with E-state index in [1.165, 1.54) is 29.5 Å². The highest BCUT2D eigenvalue weighted by molar-refractivity contribution is 7.17. The number of halogens is 1. The number of para-hydroxylation sites is 1.